The summed E-state index contributed by atoms with van der Waals surface area (Å²) in [4.78, 5) is 16.2. The Kier molecular flexibility index (Phi) is 5.29. The molecule has 0 unspecified atom stereocenters. The predicted octanol–water partition coefficient (Wildman–Crippen LogP) is 1.10. The highest BCUT2D eigenvalue weighted by Crippen LogP contribution is 2.30. The number of amides is 1. The number of para-hydroxylation sites is 2. The molecule has 0 bridgehead atoms. The number of pyridine rings is 1. The number of hydrogen-bond acceptors (Lipinski definition) is 8. The van der Waals surface area contributed by atoms with Gasteiger partial charge in [0.1, 0.15) is 12.7 Å². The van der Waals surface area contributed by atoms with Crippen LogP contribution >= 0.6 is 11.8 Å². The van der Waals surface area contributed by atoms with Crippen molar-refractivity contribution in [1.29, 1.82) is 0 Å². The minimum Gasteiger partial charge on any atom is -0.486 e. The zero-order valence-electron chi connectivity index (χ0n) is 14.8. The fourth-order valence-electron chi connectivity index (χ4n) is 2.64. The molecule has 0 fully saturated rings. The second kappa shape index (κ2) is 8.17. The first-order valence-electron chi connectivity index (χ1n) is 8.59. The molecule has 10 heteroatoms. The first-order chi connectivity index (χ1) is 13.7. The van der Waals surface area contributed by atoms with Gasteiger partial charge in [0, 0.05) is 18.0 Å². The number of nitrogen functional groups attached to an aromatic ring is 1. The van der Waals surface area contributed by atoms with Gasteiger partial charge in [-0.25, -0.2) is 4.68 Å². The Labute approximate surface area is 165 Å². The number of benzene rings is 1. The van der Waals surface area contributed by atoms with Crippen molar-refractivity contribution in [3.05, 3.63) is 48.8 Å². The van der Waals surface area contributed by atoms with E-state index < -0.39 is 0 Å². The quantitative estimate of drug-likeness (QED) is 0.468. The molecule has 28 heavy (non-hydrogen) atoms. The summed E-state index contributed by atoms with van der Waals surface area (Å²) in [5, 5.41) is 11.4. The van der Waals surface area contributed by atoms with E-state index in [0.717, 1.165) is 5.56 Å². The van der Waals surface area contributed by atoms with E-state index >= 15 is 0 Å². The molecule has 1 aliphatic rings. The van der Waals surface area contributed by atoms with Gasteiger partial charge in [-0.1, -0.05) is 23.9 Å². The van der Waals surface area contributed by atoms with Crippen LogP contribution in [0.1, 0.15) is 0 Å². The van der Waals surface area contributed by atoms with Crippen molar-refractivity contribution in [3.63, 3.8) is 0 Å². The number of carbonyl (C=O) groups excluding carboxylic acids is 1. The summed E-state index contributed by atoms with van der Waals surface area (Å²) in [6, 6.07) is 11.1. The van der Waals surface area contributed by atoms with Gasteiger partial charge >= 0.3 is 0 Å². The van der Waals surface area contributed by atoms with E-state index in [9.17, 15) is 4.79 Å². The largest absolute Gasteiger partial charge is 0.486 e. The number of ether oxygens (including phenoxy) is 2. The molecule has 1 atom stereocenters. The van der Waals surface area contributed by atoms with Gasteiger partial charge in [-0.05, 0) is 24.3 Å². The van der Waals surface area contributed by atoms with Crippen molar-refractivity contribution in [3.8, 4) is 22.9 Å². The third kappa shape index (κ3) is 4.01. The number of carbonyl (C=O) groups is 1. The van der Waals surface area contributed by atoms with Gasteiger partial charge < -0.3 is 20.6 Å². The fraction of sp³-hybridized carbons (Fsp3) is 0.222. The molecule has 0 spiro atoms. The summed E-state index contributed by atoms with van der Waals surface area (Å²) < 4.78 is 12.8. The third-order valence-corrected chi connectivity index (χ3v) is 4.95. The van der Waals surface area contributed by atoms with Gasteiger partial charge in [0.05, 0.1) is 12.3 Å². The van der Waals surface area contributed by atoms with Crippen LogP contribution in [0.4, 0.5) is 0 Å². The van der Waals surface area contributed by atoms with Crippen LogP contribution in [0.15, 0.2) is 53.9 Å². The van der Waals surface area contributed by atoms with Crippen LogP contribution in [0.2, 0.25) is 0 Å². The molecule has 1 aromatic carbocycles. The predicted molar refractivity (Wildman–Crippen MR) is 103 cm³/mol. The lowest BCUT2D eigenvalue weighted by molar-refractivity contribution is -0.119. The number of hydrogen-bond donors (Lipinski definition) is 2. The summed E-state index contributed by atoms with van der Waals surface area (Å²) >= 11 is 1.21. The maximum absolute atomic E-state index is 12.2. The SMILES string of the molecule is Nn1c(SCC(=O)NC[C@@H]2COc3ccccc3O2)nnc1-c1cccnc1. The number of nitrogens with zero attached hydrogens (tertiary/aromatic N) is 4. The van der Waals surface area contributed by atoms with Crippen LogP contribution in [0.3, 0.4) is 0 Å². The minimum atomic E-state index is -0.237. The van der Waals surface area contributed by atoms with Crippen LogP contribution in [-0.4, -0.2) is 50.8 Å². The van der Waals surface area contributed by atoms with Crippen molar-refractivity contribution in [2.75, 3.05) is 24.7 Å². The van der Waals surface area contributed by atoms with Gasteiger partial charge in [0.2, 0.25) is 11.1 Å². The summed E-state index contributed by atoms with van der Waals surface area (Å²) in [5.74, 6) is 7.92. The number of aromatic nitrogens is 4. The first kappa shape index (κ1) is 18.1. The fourth-order valence-corrected chi connectivity index (χ4v) is 3.33. The van der Waals surface area contributed by atoms with Gasteiger partial charge in [0.15, 0.2) is 17.3 Å². The molecule has 0 aliphatic carbocycles. The molecule has 0 saturated carbocycles. The van der Waals surface area contributed by atoms with E-state index in [2.05, 4.69) is 20.5 Å². The Morgan fingerprint density at radius 3 is 2.93 bits per heavy atom. The highest BCUT2D eigenvalue weighted by atomic mass is 32.2. The molecule has 2 aromatic heterocycles. The second-order valence-electron chi connectivity index (χ2n) is 6.01. The molecule has 3 aromatic rings. The molecule has 1 aliphatic heterocycles. The van der Waals surface area contributed by atoms with Crippen LogP contribution in [0.5, 0.6) is 11.5 Å². The lowest BCUT2D eigenvalue weighted by Crippen LogP contribution is -2.41. The monoisotopic (exact) mass is 398 g/mol. The van der Waals surface area contributed by atoms with Gasteiger partial charge in [-0.2, -0.15) is 0 Å². The molecule has 3 N–H and O–H groups in total. The summed E-state index contributed by atoms with van der Waals surface area (Å²) in [6.07, 6.45) is 3.08. The number of rotatable bonds is 6. The number of thioether (sulfide) groups is 1. The molecule has 1 amide bonds. The van der Waals surface area contributed by atoms with Crippen LogP contribution in [-0.2, 0) is 4.79 Å². The molecule has 0 radical (unpaired) electrons. The van der Waals surface area contributed by atoms with Crippen molar-refractivity contribution in [2.45, 2.75) is 11.3 Å². The molecule has 3 heterocycles. The zero-order chi connectivity index (χ0) is 19.3. The third-order valence-electron chi connectivity index (χ3n) is 4.01. The Morgan fingerprint density at radius 1 is 1.25 bits per heavy atom. The average molecular weight is 398 g/mol. The molecule has 9 nitrogen and oxygen atoms in total. The second-order valence-corrected chi connectivity index (χ2v) is 6.95. The van der Waals surface area contributed by atoms with Gasteiger partial charge in [-0.3, -0.25) is 9.78 Å². The Morgan fingerprint density at radius 2 is 2.11 bits per heavy atom. The summed E-state index contributed by atoms with van der Waals surface area (Å²) in [5.41, 5.74) is 0.753. The van der Waals surface area contributed by atoms with E-state index in [1.165, 1.54) is 16.4 Å². The van der Waals surface area contributed by atoms with E-state index in [1.54, 1.807) is 18.5 Å². The topological polar surface area (TPSA) is 117 Å². The molecular formula is C18H18N6O3S. The standard InChI is InChI=1S/C18H18N6O3S/c19-24-17(12-4-3-7-20-8-12)22-23-18(24)28-11-16(25)21-9-13-10-26-14-5-1-2-6-15(14)27-13/h1-8,13H,9-11,19H2,(H,21,25)/t13-/m1/s1. The van der Waals surface area contributed by atoms with E-state index in [0.29, 0.717) is 35.6 Å². The van der Waals surface area contributed by atoms with Crippen molar-refractivity contribution in [2.24, 2.45) is 0 Å². The van der Waals surface area contributed by atoms with E-state index in [-0.39, 0.29) is 17.8 Å². The normalized spacial score (nSPS) is 15.2. The number of fused-ring (bicyclic) bond motifs is 1. The minimum absolute atomic E-state index is 0.154. The van der Waals surface area contributed by atoms with Gasteiger partial charge in [0.25, 0.3) is 0 Å². The van der Waals surface area contributed by atoms with Crippen LogP contribution in [0.25, 0.3) is 11.4 Å². The first-order valence-corrected chi connectivity index (χ1v) is 9.58. The molecule has 4 rings (SSSR count). The lowest BCUT2D eigenvalue weighted by atomic mass is 10.2. The molecule has 0 saturated heterocycles. The van der Waals surface area contributed by atoms with E-state index in [4.69, 9.17) is 15.3 Å². The highest BCUT2D eigenvalue weighted by molar-refractivity contribution is 7.99. The molecule has 144 valence electrons. The van der Waals surface area contributed by atoms with E-state index in [1.807, 2.05) is 30.3 Å². The maximum Gasteiger partial charge on any atom is 0.230 e. The van der Waals surface area contributed by atoms with Crippen molar-refractivity contribution in [1.82, 2.24) is 25.2 Å². The van der Waals surface area contributed by atoms with Crippen molar-refractivity contribution < 1.29 is 14.3 Å². The summed E-state index contributed by atoms with van der Waals surface area (Å²) in [7, 11) is 0. The zero-order valence-corrected chi connectivity index (χ0v) is 15.6. The van der Waals surface area contributed by atoms with Crippen LogP contribution in [0, 0.1) is 0 Å². The lowest BCUT2D eigenvalue weighted by Gasteiger charge is -2.26. The average Bonchev–Trinajstić information content (AvgIpc) is 3.11. The van der Waals surface area contributed by atoms with Crippen LogP contribution < -0.4 is 20.6 Å². The maximum atomic E-state index is 12.2. The van der Waals surface area contributed by atoms with Crippen molar-refractivity contribution >= 4 is 17.7 Å². The number of nitrogens with one attached hydrogen (secondary N) is 1. The smallest absolute Gasteiger partial charge is 0.230 e. The Bertz CT molecular complexity index is 965. The summed E-state index contributed by atoms with van der Waals surface area (Å²) in [6.45, 7) is 0.736. The Balaban J connectivity index is 1.27. The van der Waals surface area contributed by atoms with Gasteiger partial charge in [-0.15, -0.1) is 10.2 Å². The number of nitrogens with two attached hydrogens (primary N) is 1. The molecular weight excluding hydrogens is 380 g/mol. The Hall–Kier alpha value is -3.27. The highest BCUT2D eigenvalue weighted by Gasteiger charge is 2.21.